The zero-order chi connectivity index (χ0) is 29.3. The first-order valence-corrected chi connectivity index (χ1v) is 17.6. The lowest BCUT2D eigenvalue weighted by Gasteiger charge is -2.29. The molecule has 0 amide bonds. The van der Waals surface area contributed by atoms with Crippen LogP contribution in [0.4, 0.5) is 0 Å². The number of unbranched alkanes of at least 4 members (excludes halogenated alkanes) is 13. The zero-order valence-corrected chi connectivity index (χ0v) is 27.2. The van der Waals surface area contributed by atoms with E-state index < -0.39 is 0 Å². The van der Waals surface area contributed by atoms with Crippen molar-refractivity contribution in [3.63, 3.8) is 0 Å². The van der Waals surface area contributed by atoms with Gasteiger partial charge in [-0.15, -0.1) is 0 Å². The van der Waals surface area contributed by atoms with Crippen LogP contribution in [0.15, 0.2) is 0 Å². The van der Waals surface area contributed by atoms with Crippen LogP contribution >= 0.6 is 0 Å². The van der Waals surface area contributed by atoms with Gasteiger partial charge in [0, 0.05) is 6.42 Å². The maximum atomic E-state index is 12.9. The fourth-order valence-corrected chi connectivity index (χ4v) is 5.83. The summed E-state index contributed by atoms with van der Waals surface area (Å²) >= 11 is 0. The highest BCUT2D eigenvalue weighted by Crippen LogP contribution is 2.22. The van der Waals surface area contributed by atoms with E-state index in [1.165, 1.54) is 57.8 Å². The van der Waals surface area contributed by atoms with Crippen LogP contribution in [0.5, 0.6) is 0 Å². The van der Waals surface area contributed by atoms with Crippen molar-refractivity contribution in [1.29, 1.82) is 0 Å². The summed E-state index contributed by atoms with van der Waals surface area (Å²) in [4.78, 5) is 27.7. The minimum atomic E-state index is -0.0135. The highest BCUT2D eigenvalue weighted by atomic mass is 16.5. The third kappa shape index (κ3) is 19.9. The number of hydrogen-bond donors (Lipinski definition) is 0. The van der Waals surface area contributed by atoms with E-state index in [1.807, 2.05) is 0 Å². The first kappa shape index (κ1) is 36.9. The molecule has 40 heavy (non-hydrogen) atoms. The van der Waals surface area contributed by atoms with E-state index in [0.717, 1.165) is 103 Å². The van der Waals surface area contributed by atoms with Crippen molar-refractivity contribution >= 4 is 11.9 Å². The normalized spacial score (nSPS) is 16.1. The molecular weight excluding hydrogens is 498 g/mol. The third-order valence-corrected chi connectivity index (χ3v) is 8.68. The van der Waals surface area contributed by atoms with E-state index in [4.69, 9.17) is 9.47 Å². The van der Waals surface area contributed by atoms with Crippen molar-refractivity contribution in [3.8, 4) is 0 Å². The maximum absolute atomic E-state index is 12.9. The minimum absolute atomic E-state index is 0.0135. The van der Waals surface area contributed by atoms with Crippen molar-refractivity contribution < 1.29 is 19.1 Å². The molecule has 0 radical (unpaired) electrons. The Morgan fingerprint density at radius 2 is 1.02 bits per heavy atom. The predicted octanol–water partition coefficient (Wildman–Crippen LogP) is 9.79. The van der Waals surface area contributed by atoms with Crippen molar-refractivity contribution in [2.24, 2.45) is 5.92 Å². The second-order valence-electron chi connectivity index (χ2n) is 12.6. The van der Waals surface area contributed by atoms with Crippen LogP contribution in [0.25, 0.3) is 0 Å². The van der Waals surface area contributed by atoms with E-state index in [9.17, 15) is 9.59 Å². The first-order chi connectivity index (χ1) is 19.5. The fourth-order valence-electron chi connectivity index (χ4n) is 5.83. The molecule has 236 valence electrons. The van der Waals surface area contributed by atoms with Gasteiger partial charge in [0.1, 0.15) is 12.2 Å². The van der Waals surface area contributed by atoms with E-state index in [2.05, 4.69) is 32.7 Å². The van der Waals surface area contributed by atoms with Crippen molar-refractivity contribution in [2.45, 2.75) is 187 Å². The molecule has 0 aliphatic carbocycles. The van der Waals surface area contributed by atoms with Crippen LogP contribution in [0.1, 0.15) is 175 Å². The number of ether oxygens (including phenoxy) is 2. The number of rotatable bonds is 26. The monoisotopic (exact) mass is 566 g/mol. The fraction of sp³-hybridized carbons (Fsp3) is 0.943. The lowest BCUT2D eigenvalue weighted by Crippen LogP contribution is -2.35. The van der Waals surface area contributed by atoms with Gasteiger partial charge in [-0.2, -0.15) is 0 Å². The number of hydrogen-bond acceptors (Lipinski definition) is 5. The molecule has 1 heterocycles. The lowest BCUT2D eigenvalue weighted by atomic mass is 9.97. The largest absolute Gasteiger partial charge is 0.462 e. The Balaban J connectivity index is 2.33. The van der Waals surface area contributed by atoms with Gasteiger partial charge in [-0.1, -0.05) is 104 Å². The summed E-state index contributed by atoms with van der Waals surface area (Å²) in [6.07, 6.45) is 26.8. The van der Waals surface area contributed by atoms with E-state index in [0.29, 0.717) is 6.42 Å². The molecule has 5 heteroatoms. The van der Waals surface area contributed by atoms with E-state index in [1.54, 1.807) is 0 Å². The molecule has 0 aromatic carbocycles. The summed E-state index contributed by atoms with van der Waals surface area (Å²) in [5.41, 5.74) is 0. The van der Waals surface area contributed by atoms with Crippen molar-refractivity contribution in [1.82, 2.24) is 4.90 Å². The molecule has 1 rings (SSSR count). The van der Waals surface area contributed by atoms with Gasteiger partial charge in [0.05, 0.1) is 5.92 Å². The Kier molecular flexibility index (Phi) is 23.6. The average Bonchev–Trinajstić information content (AvgIpc) is 2.95. The Labute approximate surface area is 248 Å². The van der Waals surface area contributed by atoms with E-state index >= 15 is 0 Å². The van der Waals surface area contributed by atoms with Gasteiger partial charge in [0.2, 0.25) is 0 Å². The van der Waals surface area contributed by atoms with Crippen molar-refractivity contribution in [2.75, 3.05) is 20.1 Å². The zero-order valence-electron chi connectivity index (χ0n) is 27.2. The predicted molar refractivity (Wildman–Crippen MR) is 169 cm³/mol. The van der Waals surface area contributed by atoms with E-state index in [-0.39, 0.29) is 30.1 Å². The first-order valence-electron chi connectivity index (χ1n) is 17.6. The van der Waals surface area contributed by atoms with Crippen LogP contribution in [-0.4, -0.2) is 49.2 Å². The molecule has 1 aliphatic heterocycles. The van der Waals surface area contributed by atoms with Crippen LogP contribution in [0, 0.1) is 5.92 Å². The van der Waals surface area contributed by atoms with Crippen LogP contribution in [0.3, 0.4) is 0 Å². The van der Waals surface area contributed by atoms with Crippen molar-refractivity contribution in [3.05, 3.63) is 0 Å². The number of likely N-dealkylation sites (tertiary alicyclic amines) is 1. The van der Waals surface area contributed by atoms with Crippen LogP contribution < -0.4 is 0 Å². The number of carbonyl (C=O) groups is 2. The number of esters is 2. The highest BCUT2D eigenvalue weighted by molar-refractivity contribution is 5.72. The molecule has 1 fully saturated rings. The Bertz CT molecular complexity index is 602. The standard InChI is InChI=1S/C35H67NO4/c1-5-8-11-13-14-15-19-24-33(40-35(38)31-27-29-36(4)30-28-31)25-20-16-17-21-26-34(37)39-32(22-10-7-3)23-18-12-9-6-2/h31-33H,5-30H2,1-4H3. The second-order valence-corrected chi connectivity index (χ2v) is 12.6. The molecule has 0 bridgehead atoms. The van der Waals surface area contributed by atoms with Gasteiger partial charge < -0.3 is 14.4 Å². The summed E-state index contributed by atoms with van der Waals surface area (Å²) in [7, 11) is 2.13. The highest BCUT2D eigenvalue weighted by Gasteiger charge is 2.26. The molecule has 5 nitrogen and oxygen atoms in total. The molecule has 1 saturated heterocycles. The van der Waals surface area contributed by atoms with Gasteiger partial charge in [-0.3, -0.25) is 9.59 Å². The molecule has 1 aliphatic rings. The summed E-state index contributed by atoms with van der Waals surface area (Å²) in [6.45, 7) is 8.67. The quantitative estimate of drug-likeness (QED) is 0.0771. The Morgan fingerprint density at radius 1 is 0.600 bits per heavy atom. The summed E-state index contributed by atoms with van der Waals surface area (Å²) in [6, 6.07) is 0. The molecule has 0 N–H and O–H groups in total. The molecule has 0 aromatic rings. The summed E-state index contributed by atoms with van der Waals surface area (Å²) in [5.74, 6) is 0.100. The Hall–Kier alpha value is -1.10. The average molecular weight is 566 g/mol. The number of nitrogens with zero attached hydrogens (tertiary/aromatic N) is 1. The van der Waals surface area contributed by atoms with Crippen LogP contribution in [0.2, 0.25) is 0 Å². The summed E-state index contributed by atoms with van der Waals surface area (Å²) in [5, 5.41) is 0. The molecular formula is C35H67NO4. The smallest absolute Gasteiger partial charge is 0.309 e. The molecule has 0 saturated carbocycles. The van der Waals surface area contributed by atoms with Gasteiger partial charge >= 0.3 is 11.9 Å². The maximum Gasteiger partial charge on any atom is 0.309 e. The summed E-state index contributed by atoms with van der Waals surface area (Å²) < 4.78 is 12.0. The lowest BCUT2D eigenvalue weighted by molar-refractivity contribution is -0.156. The number of carbonyl (C=O) groups excluding carboxylic acids is 2. The Morgan fingerprint density at radius 3 is 1.57 bits per heavy atom. The van der Waals surface area contributed by atoms with Gasteiger partial charge in [-0.05, 0) is 84.3 Å². The third-order valence-electron chi connectivity index (χ3n) is 8.68. The van der Waals surface area contributed by atoms with Gasteiger partial charge in [-0.25, -0.2) is 0 Å². The molecule has 2 unspecified atom stereocenters. The topological polar surface area (TPSA) is 55.8 Å². The SMILES string of the molecule is CCCCCCCCCC(CCCCCCC(=O)OC(CCCC)CCCCCC)OC(=O)C1CCN(C)CC1. The van der Waals surface area contributed by atoms with Crippen LogP contribution in [-0.2, 0) is 19.1 Å². The number of piperidine rings is 1. The van der Waals surface area contributed by atoms with Gasteiger partial charge in [0.25, 0.3) is 0 Å². The minimum Gasteiger partial charge on any atom is -0.462 e. The molecule has 0 spiro atoms. The molecule has 0 aromatic heterocycles. The second kappa shape index (κ2) is 25.6. The van der Waals surface area contributed by atoms with Gasteiger partial charge in [0.15, 0.2) is 0 Å². The molecule has 2 atom stereocenters.